The van der Waals surface area contributed by atoms with E-state index in [1.165, 1.54) is 6.92 Å². The standard InChI is InChI=1S/C18H18I2N2O3/c1-9(23)22-18-13(19)4-10(5-14(18)20)6-15-12-8-17(25)16(24)7-11(12)2-3-21-15/h4-5,7-8,15,21,24-25H,2-3,6H2,1H3,(H,22,23)/t15-/m0/s1. The molecule has 4 N–H and O–H groups in total. The van der Waals surface area contributed by atoms with Gasteiger partial charge in [-0.15, -0.1) is 0 Å². The number of fused-ring (bicyclic) bond motifs is 1. The predicted molar refractivity (Wildman–Crippen MR) is 114 cm³/mol. The van der Waals surface area contributed by atoms with Crippen LogP contribution in [0.3, 0.4) is 0 Å². The lowest BCUT2D eigenvalue weighted by molar-refractivity contribution is -0.114. The summed E-state index contributed by atoms with van der Waals surface area (Å²) in [6.07, 6.45) is 1.60. The topological polar surface area (TPSA) is 81.6 Å². The summed E-state index contributed by atoms with van der Waals surface area (Å²) >= 11 is 4.47. The number of hydrogen-bond donors (Lipinski definition) is 4. The van der Waals surface area contributed by atoms with E-state index >= 15 is 0 Å². The van der Waals surface area contributed by atoms with Crippen LogP contribution in [0.4, 0.5) is 5.69 Å². The highest BCUT2D eigenvalue weighted by Gasteiger charge is 2.22. The van der Waals surface area contributed by atoms with Crippen molar-refractivity contribution in [2.24, 2.45) is 0 Å². The molecule has 0 aromatic heterocycles. The average Bonchev–Trinajstić information content (AvgIpc) is 2.53. The van der Waals surface area contributed by atoms with Gasteiger partial charge in [-0.05, 0) is 106 Å². The van der Waals surface area contributed by atoms with Crippen molar-refractivity contribution in [3.63, 3.8) is 0 Å². The lowest BCUT2D eigenvalue weighted by atomic mass is 9.90. The van der Waals surface area contributed by atoms with E-state index < -0.39 is 0 Å². The third-order valence-corrected chi connectivity index (χ3v) is 5.94. The van der Waals surface area contributed by atoms with Crippen LogP contribution in [0.2, 0.25) is 0 Å². The predicted octanol–water partition coefficient (Wildman–Crippen LogP) is 3.69. The van der Waals surface area contributed by atoms with E-state index in [0.29, 0.717) is 0 Å². The van der Waals surface area contributed by atoms with Crippen molar-refractivity contribution in [3.05, 3.63) is 48.1 Å². The lowest BCUT2D eigenvalue weighted by Gasteiger charge is -2.28. The number of carbonyl (C=O) groups excluding carboxylic acids is 1. The molecule has 132 valence electrons. The van der Waals surface area contributed by atoms with Crippen molar-refractivity contribution in [3.8, 4) is 11.5 Å². The number of hydrogen-bond acceptors (Lipinski definition) is 4. The molecule has 7 heteroatoms. The Bertz CT molecular complexity index is 816. The number of nitrogens with one attached hydrogen (secondary N) is 2. The Kier molecular flexibility index (Phi) is 5.74. The zero-order chi connectivity index (χ0) is 18.1. The van der Waals surface area contributed by atoms with E-state index in [9.17, 15) is 15.0 Å². The van der Waals surface area contributed by atoms with Crippen LogP contribution in [0, 0.1) is 7.14 Å². The zero-order valence-electron chi connectivity index (χ0n) is 13.6. The first-order valence-corrected chi connectivity index (χ1v) is 10.0. The lowest BCUT2D eigenvalue weighted by Crippen LogP contribution is -2.31. The first kappa shape index (κ1) is 18.7. The number of phenols is 2. The zero-order valence-corrected chi connectivity index (χ0v) is 17.9. The number of phenolic OH excluding ortho intramolecular Hbond substituents is 2. The summed E-state index contributed by atoms with van der Waals surface area (Å²) in [5.74, 6) is -0.234. The molecule has 3 rings (SSSR count). The summed E-state index contributed by atoms with van der Waals surface area (Å²) < 4.78 is 2.00. The number of benzene rings is 2. The van der Waals surface area contributed by atoms with Gasteiger partial charge in [0.1, 0.15) is 0 Å². The van der Waals surface area contributed by atoms with Crippen LogP contribution in [0.5, 0.6) is 11.5 Å². The minimum Gasteiger partial charge on any atom is -0.504 e. The minimum atomic E-state index is -0.0855. The van der Waals surface area contributed by atoms with Crippen LogP contribution in [0.25, 0.3) is 0 Å². The highest BCUT2D eigenvalue weighted by atomic mass is 127. The van der Waals surface area contributed by atoms with E-state index in [-0.39, 0.29) is 23.4 Å². The van der Waals surface area contributed by atoms with Crippen LogP contribution >= 0.6 is 45.2 Å². The molecule has 25 heavy (non-hydrogen) atoms. The molecular weight excluding hydrogens is 546 g/mol. The molecule has 2 aromatic rings. The van der Waals surface area contributed by atoms with Gasteiger partial charge in [0.25, 0.3) is 0 Å². The maximum atomic E-state index is 11.3. The molecule has 0 unspecified atom stereocenters. The van der Waals surface area contributed by atoms with Crippen molar-refractivity contribution in [2.45, 2.75) is 25.8 Å². The highest BCUT2D eigenvalue weighted by Crippen LogP contribution is 2.35. The van der Waals surface area contributed by atoms with E-state index in [1.807, 2.05) is 0 Å². The third-order valence-electron chi connectivity index (χ3n) is 4.24. The van der Waals surface area contributed by atoms with Crippen molar-refractivity contribution >= 4 is 56.8 Å². The van der Waals surface area contributed by atoms with Crippen LogP contribution < -0.4 is 10.6 Å². The number of rotatable bonds is 3. The van der Waals surface area contributed by atoms with Crippen molar-refractivity contribution in [2.75, 3.05) is 11.9 Å². The maximum absolute atomic E-state index is 11.3. The molecule has 0 saturated heterocycles. The maximum Gasteiger partial charge on any atom is 0.221 e. The summed E-state index contributed by atoms with van der Waals surface area (Å²) in [6.45, 7) is 2.34. The molecule has 0 spiro atoms. The van der Waals surface area contributed by atoms with Crippen LogP contribution in [-0.4, -0.2) is 22.7 Å². The summed E-state index contributed by atoms with van der Waals surface area (Å²) in [5, 5.41) is 25.9. The Hall–Kier alpha value is -1.07. The second-order valence-corrected chi connectivity index (χ2v) is 8.44. The van der Waals surface area contributed by atoms with Crippen LogP contribution in [0.15, 0.2) is 24.3 Å². The third kappa shape index (κ3) is 4.20. The van der Waals surface area contributed by atoms with Crippen LogP contribution in [-0.2, 0) is 17.6 Å². The van der Waals surface area contributed by atoms with Crippen molar-refractivity contribution in [1.29, 1.82) is 0 Å². The molecule has 0 fully saturated rings. The minimum absolute atomic E-state index is 0.0665. The quantitative estimate of drug-likeness (QED) is 0.339. The van der Waals surface area contributed by atoms with Gasteiger partial charge in [-0.25, -0.2) is 0 Å². The molecule has 2 aromatic carbocycles. The van der Waals surface area contributed by atoms with Gasteiger partial charge in [-0.2, -0.15) is 0 Å². The molecule has 1 aliphatic heterocycles. The Balaban J connectivity index is 1.89. The Morgan fingerprint density at radius 3 is 2.48 bits per heavy atom. The van der Waals surface area contributed by atoms with Gasteiger partial charge in [0.05, 0.1) is 5.69 Å². The molecule has 1 heterocycles. The highest BCUT2D eigenvalue weighted by molar-refractivity contribution is 14.1. The van der Waals surface area contributed by atoms with Crippen molar-refractivity contribution in [1.82, 2.24) is 5.32 Å². The normalized spacial score (nSPS) is 16.4. The second kappa shape index (κ2) is 7.67. The Morgan fingerprint density at radius 2 is 1.84 bits per heavy atom. The smallest absolute Gasteiger partial charge is 0.221 e. The van der Waals surface area contributed by atoms with Gasteiger partial charge in [0, 0.05) is 20.1 Å². The summed E-state index contributed by atoms with van der Waals surface area (Å²) in [6, 6.07) is 7.54. The van der Waals surface area contributed by atoms with E-state index in [0.717, 1.165) is 48.9 Å². The molecule has 0 saturated carbocycles. The van der Waals surface area contributed by atoms with E-state index in [1.54, 1.807) is 12.1 Å². The summed E-state index contributed by atoms with van der Waals surface area (Å²) in [4.78, 5) is 11.3. The monoisotopic (exact) mass is 564 g/mol. The van der Waals surface area contributed by atoms with Gasteiger partial charge < -0.3 is 20.8 Å². The first-order valence-electron chi connectivity index (χ1n) is 7.88. The molecule has 1 amide bonds. The van der Waals surface area contributed by atoms with Crippen molar-refractivity contribution < 1.29 is 15.0 Å². The number of carbonyl (C=O) groups is 1. The fourth-order valence-corrected chi connectivity index (χ4v) is 5.29. The van der Waals surface area contributed by atoms with E-state index in [4.69, 9.17) is 0 Å². The molecular formula is C18H18I2N2O3. The molecule has 5 nitrogen and oxygen atoms in total. The molecule has 1 aliphatic rings. The van der Waals surface area contributed by atoms with Gasteiger partial charge in [0.15, 0.2) is 11.5 Å². The van der Waals surface area contributed by atoms with Gasteiger partial charge in [-0.1, -0.05) is 0 Å². The molecule has 1 atom stereocenters. The average molecular weight is 564 g/mol. The molecule has 0 bridgehead atoms. The summed E-state index contributed by atoms with van der Waals surface area (Å²) in [5.41, 5.74) is 4.09. The van der Waals surface area contributed by atoms with Gasteiger partial charge in [-0.3, -0.25) is 4.79 Å². The number of halogens is 2. The number of amides is 1. The van der Waals surface area contributed by atoms with Gasteiger partial charge in [0.2, 0.25) is 5.91 Å². The SMILES string of the molecule is CC(=O)Nc1c(I)cc(C[C@@H]2NCCc3cc(O)c(O)cc32)cc1I. The van der Waals surface area contributed by atoms with Gasteiger partial charge >= 0.3 is 0 Å². The number of anilines is 1. The molecule has 0 aliphatic carbocycles. The summed E-state index contributed by atoms with van der Waals surface area (Å²) in [7, 11) is 0. The fourth-order valence-electron chi connectivity index (χ4n) is 3.12. The fraction of sp³-hybridized carbons (Fsp3) is 0.278. The molecule has 0 radical (unpaired) electrons. The largest absolute Gasteiger partial charge is 0.504 e. The Labute approximate surface area is 173 Å². The van der Waals surface area contributed by atoms with E-state index in [2.05, 4.69) is 67.9 Å². The Morgan fingerprint density at radius 1 is 1.20 bits per heavy atom. The van der Waals surface area contributed by atoms with Crippen LogP contribution in [0.1, 0.15) is 29.7 Å². The second-order valence-electron chi connectivity index (χ2n) is 6.12. The number of aromatic hydroxyl groups is 2. The first-order chi connectivity index (χ1) is 11.8.